The molecule has 0 spiro atoms. The highest BCUT2D eigenvalue weighted by molar-refractivity contribution is 5.95. The molecule has 2 atom stereocenters. The highest BCUT2D eigenvalue weighted by Gasteiger charge is 2.27. The van der Waals surface area contributed by atoms with Gasteiger partial charge in [0.2, 0.25) is 0 Å². The minimum absolute atomic E-state index is 0.0309. The second-order valence-corrected chi connectivity index (χ2v) is 6.25. The molecule has 0 unspecified atom stereocenters. The lowest BCUT2D eigenvalue weighted by Gasteiger charge is -2.31. The van der Waals surface area contributed by atoms with Gasteiger partial charge in [0.1, 0.15) is 11.9 Å². The number of rotatable bonds is 6. The predicted molar refractivity (Wildman–Crippen MR) is 101 cm³/mol. The van der Waals surface area contributed by atoms with E-state index in [2.05, 4.69) is 5.32 Å². The third-order valence-corrected chi connectivity index (χ3v) is 4.53. The lowest BCUT2D eigenvalue weighted by molar-refractivity contribution is -0.0632. The van der Waals surface area contributed by atoms with Gasteiger partial charge in [-0.15, -0.1) is 0 Å². The summed E-state index contributed by atoms with van der Waals surface area (Å²) in [4.78, 5) is 12.7. The van der Waals surface area contributed by atoms with Crippen molar-refractivity contribution in [3.63, 3.8) is 0 Å². The van der Waals surface area contributed by atoms with E-state index in [1.807, 2.05) is 55.5 Å². The van der Waals surface area contributed by atoms with Crippen molar-refractivity contribution in [2.24, 2.45) is 0 Å². The summed E-state index contributed by atoms with van der Waals surface area (Å²) in [6, 6.07) is 15.4. The van der Waals surface area contributed by atoms with Crippen LogP contribution in [0.2, 0.25) is 0 Å². The van der Waals surface area contributed by atoms with Crippen LogP contribution in [0.3, 0.4) is 0 Å². The summed E-state index contributed by atoms with van der Waals surface area (Å²) in [7, 11) is 1.64. The third kappa shape index (κ3) is 4.42. The van der Waals surface area contributed by atoms with Crippen molar-refractivity contribution in [2.45, 2.75) is 25.5 Å². The van der Waals surface area contributed by atoms with E-state index in [1.165, 1.54) is 0 Å². The molecule has 1 saturated heterocycles. The van der Waals surface area contributed by atoms with E-state index in [0.717, 1.165) is 23.3 Å². The van der Waals surface area contributed by atoms with Crippen LogP contribution in [-0.4, -0.2) is 45.0 Å². The van der Waals surface area contributed by atoms with E-state index in [-0.39, 0.29) is 18.1 Å². The van der Waals surface area contributed by atoms with E-state index < -0.39 is 0 Å². The average molecular weight is 355 g/mol. The summed E-state index contributed by atoms with van der Waals surface area (Å²) in [5.41, 5.74) is 2.62. The minimum atomic E-state index is -0.0979. The summed E-state index contributed by atoms with van der Waals surface area (Å²) < 4.78 is 16.4. The monoisotopic (exact) mass is 355 g/mol. The summed E-state index contributed by atoms with van der Waals surface area (Å²) in [6.07, 6.45) is 0.658. The van der Waals surface area contributed by atoms with Crippen LogP contribution in [0, 0.1) is 0 Å². The number of amides is 1. The Hall–Kier alpha value is -2.37. The number of methoxy groups -OCH3 is 1. The number of carbonyl (C=O) groups is 1. The third-order valence-electron chi connectivity index (χ3n) is 4.53. The number of benzene rings is 2. The highest BCUT2D eigenvalue weighted by Crippen LogP contribution is 2.24. The zero-order chi connectivity index (χ0) is 18.4. The lowest BCUT2D eigenvalue weighted by Crippen LogP contribution is -2.50. The Labute approximate surface area is 154 Å². The van der Waals surface area contributed by atoms with Gasteiger partial charge in [0.05, 0.1) is 19.8 Å². The van der Waals surface area contributed by atoms with Crippen LogP contribution in [0.15, 0.2) is 48.5 Å². The standard InChI is InChI=1S/C21H25NO4/c1-3-26-20-14-25-11-10-19(20)22-21(23)17-8-4-6-15(12-17)16-7-5-9-18(13-16)24-2/h4-9,12-13,19-20H,3,10-11,14H2,1-2H3,(H,22,23)/t19-,20-/m1/s1. The maximum atomic E-state index is 12.7. The molecule has 1 aliphatic rings. The van der Waals surface area contributed by atoms with Gasteiger partial charge in [-0.3, -0.25) is 4.79 Å². The number of nitrogens with one attached hydrogen (secondary N) is 1. The largest absolute Gasteiger partial charge is 0.497 e. The van der Waals surface area contributed by atoms with E-state index in [1.54, 1.807) is 7.11 Å². The molecule has 0 bridgehead atoms. The summed E-state index contributed by atoms with van der Waals surface area (Å²) in [6.45, 7) is 3.71. The van der Waals surface area contributed by atoms with Crippen molar-refractivity contribution in [3.8, 4) is 16.9 Å². The second kappa shape index (κ2) is 8.83. The van der Waals surface area contributed by atoms with Crippen molar-refractivity contribution in [3.05, 3.63) is 54.1 Å². The van der Waals surface area contributed by atoms with Gasteiger partial charge in [0.15, 0.2) is 0 Å². The molecule has 3 rings (SSSR count). The predicted octanol–water partition coefficient (Wildman–Crippen LogP) is 3.29. The van der Waals surface area contributed by atoms with Gasteiger partial charge in [0.25, 0.3) is 5.91 Å². The zero-order valence-corrected chi connectivity index (χ0v) is 15.2. The van der Waals surface area contributed by atoms with Crippen LogP contribution < -0.4 is 10.1 Å². The van der Waals surface area contributed by atoms with Gasteiger partial charge in [-0.1, -0.05) is 24.3 Å². The minimum Gasteiger partial charge on any atom is -0.497 e. The zero-order valence-electron chi connectivity index (χ0n) is 15.2. The van der Waals surface area contributed by atoms with Crippen LogP contribution in [0.1, 0.15) is 23.7 Å². The fraction of sp³-hybridized carbons (Fsp3) is 0.381. The normalized spacial score (nSPS) is 19.8. The Morgan fingerprint density at radius 1 is 1.19 bits per heavy atom. The molecule has 1 fully saturated rings. The molecule has 0 aliphatic carbocycles. The summed E-state index contributed by atoms with van der Waals surface area (Å²) >= 11 is 0. The molecule has 1 amide bonds. The molecular weight excluding hydrogens is 330 g/mol. The number of carbonyl (C=O) groups excluding carboxylic acids is 1. The van der Waals surface area contributed by atoms with Gasteiger partial charge >= 0.3 is 0 Å². The Bertz CT molecular complexity index is 744. The van der Waals surface area contributed by atoms with Crippen LogP contribution in [0.25, 0.3) is 11.1 Å². The second-order valence-electron chi connectivity index (χ2n) is 6.25. The Balaban J connectivity index is 1.75. The van der Waals surface area contributed by atoms with Crippen molar-refractivity contribution in [2.75, 3.05) is 26.9 Å². The Kier molecular flexibility index (Phi) is 6.26. The fourth-order valence-electron chi connectivity index (χ4n) is 3.15. The van der Waals surface area contributed by atoms with Crippen LogP contribution in [-0.2, 0) is 9.47 Å². The highest BCUT2D eigenvalue weighted by atomic mass is 16.5. The average Bonchev–Trinajstić information content (AvgIpc) is 2.70. The maximum Gasteiger partial charge on any atom is 0.251 e. The van der Waals surface area contributed by atoms with Gasteiger partial charge < -0.3 is 19.5 Å². The van der Waals surface area contributed by atoms with Gasteiger partial charge in [-0.05, 0) is 48.7 Å². The first-order chi connectivity index (χ1) is 12.7. The SMILES string of the molecule is CCO[C@@H]1COCC[C@H]1NC(=O)c1cccc(-c2cccc(OC)c2)c1. The van der Waals surface area contributed by atoms with Gasteiger partial charge in [-0.2, -0.15) is 0 Å². The maximum absolute atomic E-state index is 12.7. The molecule has 1 N–H and O–H groups in total. The van der Waals surface area contributed by atoms with E-state index in [0.29, 0.717) is 25.4 Å². The molecule has 0 saturated carbocycles. The number of hydrogen-bond donors (Lipinski definition) is 1. The summed E-state index contributed by atoms with van der Waals surface area (Å²) in [5, 5.41) is 3.10. The quantitative estimate of drug-likeness (QED) is 0.864. The smallest absolute Gasteiger partial charge is 0.251 e. The number of hydrogen-bond acceptors (Lipinski definition) is 4. The van der Waals surface area contributed by atoms with Crippen molar-refractivity contribution >= 4 is 5.91 Å². The summed E-state index contributed by atoms with van der Waals surface area (Å²) in [5.74, 6) is 0.700. The number of ether oxygens (including phenoxy) is 3. The Morgan fingerprint density at radius 3 is 2.73 bits per heavy atom. The van der Waals surface area contributed by atoms with Crippen LogP contribution in [0.5, 0.6) is 5.75 Å². The molecule has 0 radical (unpaired) electrons. The van der Waals surface area contributed by atoms with Crippen molar-refractivity contribution in [1.82, 2.24) is 5.32 Å². The molecule has 5 nitrogen and oxygen atoms in total. The molecule has 2 aromatic carbocycles. The molecule has 138 valence electrons. The van der Waals surface area contributed by atoms with Crippen LogP contribution >= 0.6 is 0 Å². The molecule has 1 heterocycles. The van der Waals surface area contributed by atoms with E-state index >= 15 is 0 Å². The van der Waals surface area contributed by atoms with E-state index in [9.17, 15) is 4.79 Å². The molecule has 0 aromatic heterocycles. The van der Waals surface area contributed by atoms with Gasteiger partial charge in [0, 0.05) is 18.8 Å². The molecule has 5 heteroatoms. The van der Waals surface area contributed by atoms with Crippen LogP contribution in [0.4, 0.5) is 0 Å². The molecule has 26 heavy (non-hydrogen) atoms. The Morgan fingerprint density at radius 2 is 1.96 bits per heavy atom. The van der Waals surface area contributed by atoms with E-state index in [4.69, 9.17) is 14.2 Å². The lowest BCUT2D eigenvalue weighted by atomic mass is 10.0. The van der Waals surface area contributed by atoms with Gasteiger partial charge in [-0.25, -0.2) is 0 Å². The first kappa shape index (κ1) is 18.4. The molecule has 2 aromatic rings. The molecule has 1 aliphatic heterocycles. The molecular formula is C21H25NO4. The van der Waals surface area contributed by atoms with Crippen molar-refractivity contribution < 1.29 is 19.0 Å². The topological polar surface area (TPSA) is 56.8 Å². The first-order valence-corrected chi connectivity index (χ1v) is 8.96. The van der Waals surface area contributed by atoms with Crippen molar-refractivity contribution in [1.29, 1.82) is 0 Å². The fourth-order valence-corrected chi connectivity index (χ4v) is 3.15. The first-order valence-electron chi connectivity index (χ1n) is 8.96.